The lowest BCUT2D eigenvalue weighted by atomic mass is 9.96. The summed E-state index contributed by atoms with van der Waals surface area (Å²) in [6, 6.07) is 7.13. The van der Waals surface area contributed by atoms with E-state index < -0.39 is 0 Å². The van der Waals surface area contributed by atoms with Crippen LogP contribution < -0.4 is 5.32 Å². The summed E-state index contributed by atoms with van der Waals surface area (Å²) in [4.78, 5) is 1.43. The van der Waals surface area contributed by atoms with E-state index in [0.29, 0.717) is 5.92 Å². The number of hydrogen-bond donors (Lipinski definition) is 1. The van der Waals surface area contributed by atoms with Gasteiger partial charge in [0.05, 0.1) is 0 Å². The number of hydrogen-bond acceptors (Lipinski definition) is 2. The molecular weight excluding hydrogens is 238 g/mol. The molecule has 0 amide bonds. The first kappa shape index (κ1) is 10.9. The molecule has 2 aliphatic rings. The summed E-state index contributed by atoms with van der Waals surface area (Å²) in [6.45, 7) is 1.12. The van der Waals surface area contributed by atoms with Crippen LogP contribution in [0, 0.1) is 0 Å². The number of halogens is 1. The minimum absolute atomic E-state index is 0.663. The molecule has 1 unspecified atom stereocenters. The average Bonchev–Trinajstić information content (AvgIpc) is 3.10. The average molecular weight is 254 g/mol. The van der Waals surface area contributed by atoms with Crippen molar-refractivity contribution >= 4 is 23.4 Å². The predicted octanol–water partition coefficient (Wildman–Crippen LogP) is 3.67. The predicted molar refractivity (Wildman–Crippen MR) is 70.6 cm³/mol. The minimum atomic E-state index is 0.663. The Morgan fingerprint density at radius 3 is 3.00 bits per heavy atom. The summed E-state index contributed by atoms with van der Waals surface area (Å²) in [5.41, 5.74) is 1.46. The molecule has 1 heterocycles. The molecule has 0 aromatic heterocycles. The molecule has 3 rings (SSSR count). The molecule has 1 aromatic rings. The van der Waals surface area contributed by atoms with Crippen molar-refractivity contribution in [2.45, 2.75) is 36.1 Å². The zero-order chi connectivity index (χ0) is 11.0. The van der Waals surface area contributed by atoms with Crippen LogP contribution in [0.4, 0.5) is 0 Å². The normalized spacial score (nSPS) is 24.2. The summed E-state index contributed by atoms with van der Waals surface area (Å²) in [6.07, 6.45) is 4.01. The second-order valence-corrected chi connectivity index (χ2v) is 6.27. The Bertz CT molecular complexity index is 390. The van der Waals surface area contributed by atoms with Crippen molar-refractivity contribution in [1.29, 1.82) is 0 Å². The fraction of sp³-hybridized carbons (Fsp3) is 0.538. The highest BCUT2D eigenvalue weighted by Gasteiger charge is 2.25. The highest BCUT2D eigenvalue weighted by molar-refractivity contribution is 7.99. The third kappa shape index (κ3) is 2.39. The molecule has 0 spiro atoms. The third-order valence-corrected chi connectivity index (χ3v) is 4.72. The molecular formula is C13H16ClNS. The van der Waals surface area contributed by atoms with Gasteiger partial charge in [-0.15, -0.1) is 11.8 Å². The van der Waals surface area contributed by atoms with Gasteiger partial charge in [0.2, 0.25) is 0 Å². The number of nitrogens with one attached hydrogen (secondary N) is 1. The zero-order valence-corrected chi connectivity index (χ0v) is 10.8. The van der Waals surface area contributed by atoms with E-state index in [9.17, 15) is 0 Å². The van der Waals surface area contributed by atoms with Crippen molar-refractivity contribution in [2.75, 3.05) is 12.3 Å². The van der Waals surface area contributed by atoms with E-state index in [-0.39, 0.29) is 0 Å². The topological polar surface area (TPSA) is 12.0 Å². The van der Waals surface area contributed by atoms with Gasteiger partial charge in [0.25, 0.3) is 0 Å². The van der Waals surface area contributed by atoms with Gasteiger partial charge in [-0.3, -0.25) is 0 Å². The summed E-state index contributed by atoms with van der Waals surface area (Å²) in [5.74, 6) is 1.90. The first-order valence-electron chi connectivity index (χ1n) is 5.98. The highest BCUT2D eigenvalue weighted by Crippen LogP contribution is 2.38. The summed E-state index contributed by atoms with van der Waals surface area (Å²) < 4.78 is 0. The van der Waals surface area contributed by atoms with Crippen LogP contribution in [0.3, 0.4) is 0 Å². The Morgan fingerprint density at radius 2 is 2.19 bits per heavy atom. The Kier molecular flexibility index (Phi) is 3.14. The fourth-order valence-corrected chi connectivity index (χ4v) is 3.60. The smallest absolute Gasteiger partial charge is 0.0409 e. The van der Waals surface area contributed by atoms with E-state index >= 15 is 0 Å². The number of benzene rings is 1. The fourth-order valence-electron chi connectivity index (χ4n) is 2.24. The maximum Gasteiger partial charge on any atom is 0.0409 e. The van der Waals surface area contributed by atoms with E-state index in [1.807, 2.05) is 17.8 Å². The first-order chi connectivity index (χ1) is 7.83. The Morgan fingerprint density at radius 1 is 1.31 bits per heavy atom. The molecule has 3 heteroatoms. The molecule has 16 heavy (non-hydrogen) atoms. The van der Waals surface area contributed by atoms with E-state index in [1.54, 1.807) is 0 Å². The monoisotopic (exact) mass is 253 g/mol. The maximum atomic E-state index is 6.09. The summed E-state index contributed by atoms with van der Waals surface area (Å²) >= 11 is 8.05. The van der Waals surface area contributed by atoms with Crippen molar-refractivity contribution in [3.8, 4) is 0 Å². The molecule has 0 saturated heterocycles. The quantitative estimate of drug-likeness (QED) is 0.882. The van der Waals surface area contributed by atoms with E-state index in [4.69, 9.17) is 11.6 Å². The van der Waals surface area contributed by atoms with Crippen molar-refractivity contribution in [1.82, 2.24) is 5.32 Å². The van der Waals surface area contributed by atoms with Gasteiger partial charge in [-0.05, 0) is 54.7 Å². The molecule has 0 radical (unpaired) electrons. The van der Waals surface area contributed by atoms with Crippen molar-refractivity contribution < 1.29 is 0 Å². The van der Waals surface area contributed by atoms with Gasteiger partial charge in [0, 0.05) is 22.5 Å². The molecule has 0 bridgehead atoms. The molecule has 1 atom stereocenters. The number of fused-ring (bicyclic) bond motifs is 1. The standard InChI is InChI=1S/C13H16ClNS/c14-10-1-4-13-12(7-10)9(5-6-16-13)8-15-11-2-3-11/h1,4,7,9,11,15H,2-3,5-6,8H2. The summed E-state index contributed by atoms with van der Waals surface area (Å²) in [5, 5.41) is 4.51. The molecule has 1 fully saturated rings. The summed E-state index contributed by atoms with van der Waals surface area (Å²) in [7, 11) is 0. The van der Waals surface area contributed by atoms with Crippen molar-refractivity contribution in [2.24, 2.45) is 0 Å². The van der Waals surface area contributed by atoms with Crippen LogP contribution in [0.2, 0.25) is 5.02 Å². The van der Waals surface area contributed by atoms with E-state index in [2.05, 4.69) is 17.4 Å². The number of thioether (sulfide) groups is 1. The van der Waals surface area contributed by atoms with Gasteiger partial charge >= 0.3 is 0 Å². The maximum absolute atomic E-state index is 6.09. The first-order valence-corrected chi connectivity index (χ1v) is 7.35. The second kappa shape index (κ2) is 4.59. The van der Waals surface area contributed by atoms with E-state index in [0.717, 1.165) is 17.6 Å². The van der Waals surface area contributed by atoms with Crippen LogP contribution in [0.15, 0.2) is 23.1 Å². The van der Waals surface area contributed by atoms with Gasteiger partial charge < -0.3 is 5.32 Å². The van der Waals surface area contributed by atoms with Crippen LogP contribution in [-0.2, 0) is 0 Å². The molecule has 1 aromatic carbocycles. The second-order valence-electron chi connectivity index (χ2n) is 4.70. The van der Waals surface area contributed by atoms with Gasteiger partial charge in [-0.2, -0.15) is 0 Å². The SMILES string of the molecule is Clc1ccc2c(c1)C(CNC1CC1)CCS2. The molecule has 1 nitrogen and oxygen atoms in total. The van der Waals surface area contributed by atoms with Crippen molar-refractivity contribution in [3.63, 3.8) is 0 Å². The Balaban J connectivity index is 1.77. The molecule has 86 valence electrons. The van der Waals surface area contributed by atoms with E-state index in [1.165, 1.54) is 35.5 Å². The lowest BCUT2D eigenvalue weighted by Gasteiger charge is -2.25. The largest absolute Gasteiger partial charge is 0.313 e. The van der Waals surface area contributed by atoms with Gasteiger partial charge in [0.1, 0.15) is 0 Å². The third-order valence-electron chi connectivity index (χ3n) is 3.37. The zero-order valence-electron chi connectivity index (χ0n) is 9.21. The molecule has 1 N–H and O–H groups in total. The lowest BCUT2D eigenvalue weighted by molar-refractivity contribution is 0.559. The van der Waals surface area contributed by atoms with Crippen LogP contribution in [0.1, 0.15) is 30.7 Å². The lowest BCUT2D eigenvalue weighted by Crippen LogP contribution is -2.25. The minimum Gasteiger partial charge on any atom is -0.313 e. The highest BCUT2D eigenvalue weighted by atomic mass is 35.5. The van der Waals surface area contributed by atoms with Crippen LogP contribution in [-0.4, -0.2) is 18.3 Å². The van der Waals surface area contributed by atoms with Crippen LogP contribution in [0.25, 0.3) is 0 Å². The molecule has 1 saturated carbocycles. The molecule has 1 aliphatic heterocycles. The molecule has 1 aliphatic carbocycles. The van der Waals surface area contributed by atoms with Crippen LogP contribution >= 0.6 is 23.4 Å². The van der Waals surface area contributed by atoms with Crippen molar-refractivity contribution in [3.05, 3.63) is 28.8 Å². The van der Waals surface area contributed by atoms with Crippen LogP contribution in [0.5, 0.6) is 0 Å². The number of rotatable bonds is 3. The Hall–Kier alpha value is -0.180. The Labute approximate surface area is 106 Å². The van der Waals surface area contributed by atoms with Gasteiger partial charge in [-0.25, -0.2) is 0 Å². The van der Waals surface area contributed by atoms with Gasteiger partial charge in [0.15, 0.2) is 0 Å². The van der Waals surface area contributed by atoms with Gasteiger partial charge in [-0.1, -0.05) is 11.6 Å².